The van der Waals surface area contributed by atoms with E-state index in [9.17, 15) is 4.79 Å². The monoisotopic (exact) mass is 258 g/mol. The summed E-state index contributed by atoms with van der Waals surface area (Å²) in [5.41, 5.74) is 4.53. The molecule has 0 aliphatic rings. The van der Waals surface area contributed by atoms with Gasteiger partial charge in [0, 0.05) is 16.1 Å². The van der Waals surface area contributed by atoms with E-state index in [4.69, 9.17) is 11.6 Å². The molecule has 2 aromatic carbocycles. The van der Waals surface area contributed by atoms with Crippen LogP contribution in [0, 0.1) is 20.8 Å². The third-order valence-corrected chi connectivity index (χ3v) is 3.69. The number of aryl methyl sites for hydroxylation is 2. The first-order valence-corrected chi connectivity index (χ1v) is 6.25. The summed E-state index contributed by atoms with van der Waals surface area (Å²) in [6.45, 7) is 5.92. The normalized spacial score (nSPS) is 10.4. The fourth-order valence-corrected chi connectivity index (χ4v) is 2.07. The van der Waals surface area contributed by atoms with Crippen molar-refractivity contribution in [2.45, 2.75) is 20.8 Å². The second-order valence-corrected chi connectivity index (χ2v) is 4.95. The summed E-state index contributed by atoms with van der Waals surface area (Å²) in [5, 5.41) is 0.629. The standard InChI is InChI=1S/C16H15ClO/c1-10-7-8-13(9-11(10)2)16(18)14-5-4-6-15(17)12(14)3/h4-9H,1-3H3. The lowest BCUT2D eigenvalue weighted by Gasteiger charge is -2.08. The Morgan fingerprint density at radius 3 is 2.39 bits per heavy atom. The molecule has 92 valence electrons. The first kappa shape index (κ1) is 12.8. The van der Waals surface area contributed by atoms with Gasteiger partial charge in [0.15, 0.2) is 5.78 Å². The number of halogens is 1. The Balaban J connectivity index is 2.48. The fourth-order valence-electron chi connectivity index (χ4n) is 1.89. The molecule has 0 atom stereocenters. The molecule has 18 heavy (non-hydrogen) atoms. The first-order chi connectivity index (χ1) is 8.50. The predicted molar refractivity (Wildman–Crippen MR) is 75.5 cm³/mol. The average Bonchev–Trinajstić information content (AvgIpc) is 2.35. The molecular weight excluding hydrogens is 244 g/mol. The van der Waals surface area contributed by atoms with Gasteiger partial charge in [-0.15, -0.1) is 0 Å². The Hall–Kier alpha value is -1.60. The highest BCUT2D eigenvalue weighted by Crippen LogP contribution is 2.22. The maximum absolute atomic E-state index is 12.4. The maximum Gasteiger partial charge on any atom is 0.193 e. The third kappa shape index (κ3) is 2.32. The number of rotatable bonds is 2. The lowest BCUT2D eigenvalue weighted by Crippen LogP contribution is -2.04. The van der Waals surface area contributed by atoms with Crippen LogP contribution in [0.25, 0.3) is 0 Å². The Bertz CT molecular complexity index is 614. The van der Waals surface area contributed by atoms with Crippen molar-refractivity contribution in [1.82, 2.24) is 0 Å². The summed E-state index contributed by atoms with van der Waals surface area (Å²) < 4.78 is 0. The maximum atomic E-state index is 12.4. The molecular formula is C16H15ClO. The average molecular weight is 259 g/mol. The summed E-state index contributed by atoms with van der Waals surface area (Å²) in [5.74, 6) is 0.0260. The molecule has 0 N–H and O–H groups in total. The number of carbonyl (C=O) groups excluding carboxylic acids is 1. The summed E-state index contributed by atoms with van der Waals surface area (Å²) >= 11 is 6.05. The van der Waals surface area contributed by atoms with Gasteiger partial charge in [-0.05, 0) is 49.6 Å². The minimum absolute atomic E-state index is 0.0260. The Kier molecular flexibility index (Phi) is 3.53. The quantitative estimate of drug-likeness (QED) is 0.725. The van der Waals surface area contributed by atoms with Gasteiger partial charge in [-0.25, -0.2) is 0 Å². The van der Waals surface area contributed by atoms with E-state index in [0.29, 0.717) is 16.1 Å². The van der Waals surface area contributed by atoms with Gasteiger partial charge in [0.05, 0.1) is 0 Å². The zero-order valence-corrected chi connectivity index (χ0v) is 11.5. The lowest BCUT2D eigenvalue weighted by molar-refractivity contribution is 0.103. The molecule has 2 heteroatoms. The van der Waals surface area contributed by atoms with Crippen molar-refractivity contribution in [3.8, 4) is 0 Å². The molecule has 0 unspecified atom stereocenters. The van der Waals surface area contributed by atoms with Crippen molar-refractivity contribution in [1.29, 1.82) is 0 Å². The van der Waals surface area contributed by atoms with Crippen LogP contribution in [0.3, 0.4) is 0 Å². The highest BCUT2D eigenvalue weighted by Gasteiger charge is 2.13. The van der Waals surface area contributed by atoms with Gasteiger partial charge in [-0.1, -0.05) is 35.9 Å². The van der Waals surface area contributed by atoms with Gasteiger partial charge < -0.3 is 0 Å². The highest BCUT2D eigenvalue weighted by atomic mass is 35.5. The molecule has 2 rings (SSSR count). The van der Waals surface area contributed by atoms with Crippen LogP contribution in [0.15, 0.2) is 36.4 Å². The second-order valence-electron chi connectivity index (χ2n) is 4.54. The molecule has 0 spiro atoms. The van der Waals surface area contributed by atoms with Crippen LogP contribution in [0.2, 0.25) is 5.02 Å². The van der Waals surface area contributed by atoms with Crippen LogP contribution in [0.5, 0.6) is 0 Å². The van der Waals surface area contributed by atoms with Crippen LogP contribution < -0.4 is 0 Å². The van der Waals surface area contributed by atoms with Crippen molar-refractivity contribution >= 4 is 17.4 Å². The zero-order valence-electron chi connectivity index (χ0n) is 10.8. The van der Waals surface area contributed by atoms with E-state index in [1.165, 1.54) is 5.56 Å². The van der Waals surface area contributed by atoms with Crippen molar-refractivity contribution in [2.24, 2.45) is 0 Å². The van der Waals surface area contributed by atoms with Crippen LogP contribution in [-0.2, 0) is 0 Å². The topological polar surface area (TPSA) is 17.1 Å². The first-order valence-electron chi connectivity index (χ1n) is 5.88. The van der Waals surface area contributed by atoms with E-state index < -0.39 is 0 Å². The molecule has 0 radical (unpaired) electrons. The SMILES string of the molecule is Cc1ccc(C(=O)c2cccc(Cl)c2C)cc1C. The molecule has 0 fully saturated rings. The van der Waals surface area contributed by atoms with E-state index in [1.807, 2.05) is 51.1 Å². The minimum atomic E-state index is 0.0260. The predicted octanol–water partition coefficient (Wildman–Crippen LogP) is 4.50. The van der Waals surface area contributed by atoms with E-state index in [-0.39, 0.29) is 5.78 Å². The molecule has 2 aromatic rings. The molecule has 0 amide bonds. The number of ketones is 1. The Morgan fingerprint density at radius 2 is 1.72 bits per heavy atom. The van der Waals surface area contributed by atoms with Gasteiger partial charge >= 0.3 is 0 Å². The van der Waals surface area contributed by atoms with Crippen molar-refractivity contribution in [3.05, 3.63) is 69.2 Å². The van der Waals surface area contributed by atoms with Crippen LogP contribution in [-0.4, -0.2) is 5.78 Å². The van der Waals surface area contributed by atoms with E-state index in [0.717, 1.165) is 11.1 Å². The highest BCUT2D eigenvalue weighted by molar-refractivity contribution is 6.32. The van der Waals surface area contributed by atoms with Gasteiger partial charge in [-0.3, -0.25) is 4.79 Å². The van der Waals surface area contributed by atoms with E-state index in [2.05, 4.69) is 0 Å². The fraction of sp³-hybridized carbons (Fsp3) is 0.188. The molecule has 0 aliphatic carbocycles. The number of carbonyl (C=O) groups is 1. The second kappa shape index (κ2) is 4.95. The minimum Gasteiger partial charge on any atom is -0.289 e. The Morgan fingerprint density at radius 1 is 1.00 bits per heavy atom. The molecule has 0 aromatic heterocycles. The molecule has 0 bridgehead atoms. The van der Waals surface area contributed by atoms with E-state index in [1.54, 1.807) is 6.07 Å². The number of benzene rings is 2. The van der Waals surface area contributed by atoms with E-state index >= 15 is 0 Å². The summed E-state index contributed by atoms with van der Waals surface area (Å²) in [7, 11) is 0. The Labute approximate surface area is 112 Å². The van der Waals surface area contributed by atoms with Crippen molar-refractivity contribution < 1.29 is 4.79 Å². The number of hydrogen-bond donors (Lipinski definition) is 0. The molecule has 0 heterocycles. The van der Waals surface area contributed by atoms with Gasteiger partial charge in [-0.2, -0.15) is 0 Å². The summed E-state index contributed by atoms with van der Waals surface area (Å²) in [6.07, 6.45) is 0. The van der Waals surface area contributed by atoms with Crippen LogP contribution >= 0.6 is 11.6 Å². The van der Waals surface area contributed by atoms with Crippen LogP contribution in [0.1, 0.15) is 32.6 Å². The van der Waals surface area contributed by atoms with Crippen molar-refractivity contribution in [2.75, 3.05) is 0 Å². The van der Waals surface area contributed by atoms with Crippen molar-refractivity contribution in [3.63, 3.8) is 0 Å². The molecule has 0 aliphatic heterocycles. The van der Waals surface area contributed by atoms with Gasteiger partial charge in [0.1, 0.15) is 0 Å². The zero-order chi connectivity index (χ0) is 13.3. The smallest absolute Gasteiger partial charge is 0.193 e. The largest absolute Gasteiger partial charge is 0.289 e. The summed E-state index contributed by atoms with van der Waals surface area (Å²) in [4.78, 5) is 12.4. The molecule has 0 saturated heterocycles. The molecule has 0 saturated carbocycles. The van der Waals surface area contributed by atoms with Gasteiger partial charge in [0.2, 0.25) is 0 Å². The van der Waals surface area contributed by atoms with Gasteiger partial charge in [0.25, 0.3) is 0 Å². The lowest BCUT2D eigenvalue weighted by atomic mass is 9.96. The third-order valence-electron chi connectivity index (χ3n) is 3.28. The number of hydrogen-bond acceptors (Lipinski definition) is 1. The van der Waals surface area contributed by atoms with Crippen LogP contribution in [0.4, 0.5) is 0 Å². The molecule has 1 nitrogen and oxygen atoms in total. The summed E-state index contributed by atoms with van der Waals surface area (Å²) in [6, 6.07) is 11.2.